The molecule has 236 valence electrons. The van der Waals surface area contributed by atoms with Crippen LogP contribution < -0.4 is 4.74 Å². The van der Waals surface area contributed by atoms with Gasteiger partial charge in [-0.15, -0.1) is 0 Å². The van der Waals surface area contributed by atoms with Crippen molar-refractivity contribution in [3.05, 3.63) is 76.9 Å². The first-order valence-corrected chi connectivity index (χ1v) is 16.3. The summed E-state index contributed by atoms with van der Waals surface area (Å²) < 4.78 is 89.7. The van der Waals surface area contributed by atoms with E-state index in [4.69, 9.17) is 0 Å². The largest absolute Gasteiger partial charge is 0.432 e. The average Bonchev–Trinajstić information content (AvgIpc) is 3.00. The maximum atomic E-state index is 15.4. The molecule has 5 rings (SSSR count). The van der Waals surface area contributed by atoms with Crippen LogP contribution in [0.5, 0.6) is 5.75 Å². The zero-order valence-electron chi connectivity index (χ0n) is 25.1. The number of hydrogen-bond acceptors (Lipinski definition) is 1. The van der Waals surface area contributed by atoms with E-state index >= 15 is 4.39 Å². The van der Waals surface area contributed by atoms with Gasteiger partial charge in [0.2, 0.25) is 0 Å². The maximum Gasteiger partial charge on any atom is 0.400 e. The Bertz CT molecular complexity index is 1210. The van der Waals surface area contributed by atoms with Crippen LogP contribution in [0.15, 0.2) is 42.5 Å². The van der Waals surface area contributed by atoms with Crippen LogP contribution in [0.3, 0.4) is 0 Å². The van der Waals surface area contributed by atoms with Gasteiger partial charge >= 0.3 is 6.11 Å². The monoisotopic (exact) mass is 606 g/mol. The number of rotatable bonds is 9. The van der Waals surface area contributed by atoms with Gasteiger partial charge in [0.05, 0.1) is 5.92 Å². The van der Waals surface area contributed by atoms with Crippen molar-refractivity contribution in [3.8, 4) is 5.75 Å². The fourth-order valence-electron chi connectivity index (χ4n) is 8.07. The molecule has 0 N–H and O–H groups in total. The number of alkyl halides is 2. The van der Waals surface area contributed by atoms with Crippen LogP contribution in [0.4, 0.5) is 26.3 Å². The molecule has 0 radical (unpaired) electrons. The lowest BCUT2D eigenvalue weighted by Gasteiger charge is -2.38. The Morgan fingerprint density at radius 1 is 0.721 bits per heavy atom. The van der Waals surface area contributed by atoms with E-state index in [9.17, 15) is 22.0 Å². The predicted octanol–water partition coefficient (Wildman–Crippen LogP) is 11.6. The van der Waals surface area contributed by atoms with Crippen molar-refractivity contribution in [2.45, 2.75) is 115 Å². The molecule has 2 aromatic carbocycles. The summed E-state index contributed by atoms with van der Waals surface area (Å²) in [5.74, 6) is -4.43. The quantitative estimate of drug-likeness (QED) is 0.157. The molecule has 7 heteroatoms. The van der Waals surface area contributed by atoms with Gasteiger partial charge in [0.15, 0.2) is 17.5 Å². The second kappa shape index (κ2) is 14.1. The molecule has 3 aliphatic rings. The van der Waals surface area contributed by atoms with Crippen LogP contribution in [0.1, 0.15) is 120 Å². The second-order valence-corrected chi connectivity index (χ2v) is 13.2. The normalized spacial score (nSPS) is 28.7. The highest BCUT2D eigenvalue weighted by molar-refractivity contribution is 5.30. The summed E-state index contributed by atoms with van der Waals surface area (Å²) in [5, 5.41) is 0. The molecule has 3 fully saturated rings. The lowest BCUT2D eigenvalue weighted by atomic mass is 9.68. The lowest BCUT2D eigenvalue weighted by molar-refractivity contribution is -0.222. The fourth-order valence-corrected chi connectivity index (χ4v) is 8.07. The van der Waals surface area contributed by atoms with Gasteiger partial charge in [-0.2, -0.15) is 8.78 Å². The second-order valence-electron chi connectivity index (χ2n) is 13.2. The zero-order chi connectivity index (χ0) is 30.6. The molecule has 0 aliphatic heterocycles. The minimum Gasteiger partial charge on any atom is -0.432 e. The molecule has 43 heavy (non-hydrogen) atoms. The first kappa shape index (κ1) is 32.0. The average molecular weight is 607 g/mol. The molecule has 0 spiro atoms. The molecule has 3 aliphatic carbocycles. The number of hydrogen-bond donors (Lipinski definition) is 0. The molecular weight excluding hydrogens is 562 g/mol. The molecule has 0 heterocycles. The predicted molar refractivity (Wildman–Crippen MR) is 157 cm³/mol. The Kier molecular flexibility index (Phi) is 10.5. The minimum absolute atomic E-state index is 0.0761. The standard InChI is InChI=1S/C36H44F6O/c1-2-3-4-5-23-6-8-24(9-7-23)25-10-12-26(13-11-25)28-16-19-31(32(37)20-28)27-14-17-29(18-15-27)36(41,42)43-30-21-33(38)35(40)34(39)22-30/h2-3,16,19-27,29H,4-15,17-18H2,1H3/b3-2+. The van der Waals surface area contributed by atoms with Crippen LogP contribution in [-0.2, 0) is 0 Å². The van der Waals surface area contributed by atoms with E-state index in [1.807, 2.05) is 12.1 Å². The number of allylic oxidation sites excluding steroid dienone is 2. The third-order valence-electron chi connectivity index (χ3n) is 10.7. The van der Waals surface area contributed by atoms with Gasteiger partial charge in [-0.25, -0.2) is 17.6 Å². The van der Waals surface area contributed by atoms with Crippen molar-refractivity contribution in [2.24, 2.45) is 23.7 Å². The number of halogens is 6. The molecule has 0 bridgehead atoms. The summed E-state index contributed by atoms with van der Waals surface area (Å²) in [5.41, 5.74) is 1.61. The highest BCUT2D eigenvalue weighted by Crippen LogP contribution is 2.47. The third-order valence-corrected chi connectivity index (χ3v) is 10.7. The highest BCUT2D eigenvalue weighted by Gasteiger charge is 2.44. The van der Waals surface area contributed by atoms with E-state index < -0.39 is 35.2 Å². The van der Waals surface area contributed by atoms with E-state index in [2.05, 4.69) is 23.8 Å². The highest BCUT2D eigenvalue weighted by atomic mass is 19.3. The summed E-state index contributed by atoms with van der Waals surface area (Å²) in [4.78, 5) is 0. The molecule has 0 amide bonds. The maximum absolute atomic E-state index is 15.4. The van der Waals surface area contributed by atoms with Crippen LogP contribution >= 0.6 is 0 Å². The Morgan fingerprint density at radius 3 is 1.88 bits per heavy atom. The van der Waals surface area contributed by atoms with Crippen LogP contribution in [-0.4, -0.2) is 6.11 Å². The third kappa shape index (κ3) is 7.81. The number of ether oxygens (including phenoxy) is 1. The molecule has 0 atom stereocenters. The van der Waals surface area contributed by atoms with Gasteiger partial charge in [0, 0.05) is 12.1 Å². The summed E-state index contributed by atoms with van der Waals surface area (Å²) in [6.07, 6.45) is 14.1. The van der Waals surface area contributed by atoms with Gasteiger partial charge in [-0.05, 0) is 131 Å². The SMILES string of the molecule is C/C=C/CCC1CCC(C2CCC(c3ccc(C4CCC(C(F)(F)Oc5cc(F)c(F)c(F)c5)CC4)c(F)c3)CC2)CC1. The van der Waals surface area contributed by atoms with E-state index in [1.165, 1.54) is 51.4 Å². The molecule has 0 saturated heterocycles. The molecule has 0 unspecified atom stereocenters. The number of benzene rings is 2. The van der Waals surface area contributed by atoms with Crippen molar-refractivity contribution in [1.29, 1.82) is 0 Å². The van der Waals surface area contributed by atoms with Crippen molar-refractivity contribution in [2.75, 3.05) is 0 Å². The molecule has 1 nitrogen and oxygen atoms in total. The molecule has 2 aromatic rings. The van der Waals surface area contributed by atoms with Crippen molar-refractivity contribution >= 4 is 0 Å². The Morgan fingerprint density at radius 2 is 1.30 bits per heavy atom. The van der Waals surface area contributed by atoms with Gasteiger partial charge < -0.3 is 4.74 Å². The van der Waals surface area contributed by atoms with Gasteiger partial charge in [-0.1, -0.05) is 37.1 Å². The summed E-state index contributed by atoms with van der Waals surface area (Å²) in [7, 11) is 0. The first-order valence-electron chi connectivity index (χ1n) is 16.3. The Hall–Kier alpha value is -2.44. The van der Waals surface area contributed by atoms with Crippen molar-refractivity contribution in [1.82, 2.24) is 0 Å². The molecule has 3 saturated carbocycles. The summed E-state index contributed by atoms with van der Waals surface area (Å²) in [6, 6.07) is 6.37. The molecular formula is C36H44F6O. The van der Waals surface area contributed by atoms with Crippen molar-refractivity contribution < 1.29 is 31.1 Å². The fraction of sp³-hybridized carbons (Fsp3) is 0.611. The lowest BCUT2D eigenvalue weighted by Crippen LogP contribution is -2.37. The van der Waals surface area contributed by atoms with Crippen LogP contribution in [0.2, 0.25) is 0 Å². The van der Waals surface area contributed by atoms with Gasteiger partial charge in [0.1, 0.15) is 11.6 Å². The van der Waals surface area contributed by atoms with Crippen LogP contribution in [0.25, 0.3) is 0 Å². The van der Waals surface area contributed by atoms with E-state index in [0.717, 1.165) is 36.2 Å². The first-order chi connectivity index (χ1) is 20.6. The van der Waals surface area contributed by atoms with E-state index in [1.54, 1.807) is 6.07 Å². The zero-order valence-corrected chi connectivity index (χ0v) is 25.1. The smallest absolute Gasteiger partial charge is 0.400 e. The van der Waals surface area contributed by atoms with Crippen molar-refractivity contribution in [3.63, 3.8) is 0 Å². The minimum atomic E-state index is -3.69. The molecule has 0 aromatic heterocycles. The van der Waals surface area contributed by atoms with Gasteiger partial charge in [-0.3, -0.25) is 0 Å². The Labute approximate surface area is 252 Å². The van der Waals surface area contributed by atoms with Crippen LogP contribution in [0, 0.1) is 46.9 Å². The topological polar surface area (TPSA) is 9.23 Å². The summed E-state index contributed by atoms with van der Waals surface area (Å²) >= 11 is 0. The Balaban J connectivity index is 1.10. The summed E-state index contributed by atoms with van der Waals surface area (Å²) in [6.45, 7) is 2.09. The van der Waals surface area contributed by atoms with Gasteiger partial charge in [0.25, 0.3) is 0 Å². The van der Waals surface area contributed by atoms with E-state index in [0.29, 0.717) is 36.5 Å². The van der Waals surface area contributed by atoms with E-state index in [-0.39, 0.29) is 24.6 Å².